The Balaban J connectivity index is 1.65. The van der Waals surface area contributed by atoms with Gasteiger partial charge in [0, 0.05) is 45.2 Å². The van der Waals surface area contributed by atoms with E-state index in [-0.39, 0.29) is 11.0 Å². The highest BCUT2D eigenvalue weighted by Gasteiger charge is 2.23. The first-order valence-corrected chi connectivity index (χ1v) is 13.0. The van der Waals surface area contributed by atoms with Crippen LogP contribution < -0.4 is 0 Å². The lowest BCUT2D eigenvalue weighted by molar-refractivity contribution is 0.0670. The molecule has 0 bridgehead atoms. The third kappa shape index (κ3) is 4.85. The molecule has 1 aliphatic rings. The van der Waals surface area contributed by atoms with Gasteiger partial charge >= 0.3 is 0 Å². The second-order valence-electron chi connectivity index (χ2n) is 8.09. The van der Waals surface area contributed by atoms with E-state index in [2.05, 4.69) is 33.9 Å². The molecule has 0 spiro atoms. The predicted molar refractivity (Wildman–Crippen MR) is 124 cm³/mol. The van der Waals surface area contributed by atoms with Crippen molar-refractivity contribution >= 4 is 32.4 Å². The van der Waals surface area contributed by atoms with E-state index in [1.165, 1.54) is 9.18 Å². The fourth-order valence-electron chi connectivity index (χ4n) is 4.09. The molecule has 1 aromatic carbocycles. The van der Waals surface area contributed by atoms with Gasteiger partial charge in [0.25, 0.3) is 0 Å². The third-order valence-corrected chi connectivity index (χ3v) is 8.38. The predicted octanol–water partition coefficient (Wildman–Crippen LogP) is 3.55. The number of imidazole rings is 1. The van der Waals surface area contributed by atoms with E-state index in [0.29, 0.717) is 12.1 Å². The van der Waals surface area contributed by atoms with Gasteiger partial charge in [-0.1, -0.05) is 6.07 Å². The lowest BCUT2D eigenvalue weighted by Gasteiger charge is -2.24. The largest absolute Gasteiger partial charge is 0.377 e. The summed E-state index contributed by atoms with van der Waals surface area (Å²) in [4.78, 5) is 8.84. The Hall–Kier alpha value is -1.78. The fraction of sp³-hybridized carbons (Fsp3) is 0.500. The van der Waals surface area contributed by atoms with Crippen LogP contribution in [0.25, 0.3) is 11.0 Å². The molecule has 31 heavy (non-hydrogen) atoms. The molecule has 3 heterocycles. The normalized spacial score (nSPS) is 17.4. The lowest BCUT2D eigenvalue weighted by Crippen LogP contribution is -2.32. The van der Waals surface area contributed by atoms with Crippen LogP contribution in [0, 0.1) is 0 Å². The second kappa shape index (κ2) is 9.38. The number of aromatic nitrogens is 2. The molecular formula is C22H30N4O3S2. The number of rotatable bonds is 9. The highest BCUT2D eigenvalue weighted by molar-refractivity contribution is 7.89. The van der Waals surface area contributed by atoms with Crippen LogP contribution in [0.1, 0.15) is 30.5 Å². The van der Waals surface area contributed by atoms with Gasteiger partial charge in [0.2, 0.25) is 10.0 Å². The van der Waals surface area contributed by atoms with Gasteiger partial charge in [0.05, 0.1) is 28.6 Å². The molecule has 1 aliphatic heterocycles. The molecule has 4 rings (SSSR count). The molecule has 0 aliphatic carbocycles. The van der Waals surface area contributed by atoms with E-state index in [9.17, 15) is 8.42 Å². The quantitative estimate of drug-likeness (QED) is 0.487. The van der Waals surface area contributed by atoms with Crippen LogP contribution in [0.3, 0.4) is 0 Å². The number of aryl methyl sites for hydroxylation is 1. The maximum absolute atomic E-state index is 12.6. The molecule has 0 radical (unpaired) electrons. The number of hydrogen-bond donors (Lipinski definition) is 0. The second-order valence-corrected chi connectivity index (χ2v) is 11.3. The molecule has 0 N–H and O–H groups in total. The SMILES string of the molecule is CCn1c(CN(Cc2cccs2)C[C@H]2CCCO2)nc2cc(S(=O)(=O)N(C)C)ccc21. The van der Waals surface area contributed by atoms with Crippen LogP contribution >= 0.6 is 11.3 Å². The van der Waals surface area contributed by atoms with Gasteiger partial charge < -0.3 is 9.30 Å². The Bertz CT molecular complexity index is 1120. The van der Waals surface area contributed by atoms with Gasteiger partial charge in [0.15, 0.2) is 0 Å². The standard InChI is InChI=1S/C22H30N4O3S2/c1-4-26-21-10-9-19(31(27,28)24(2)3)13-20(21)23-22(26)16-25(14-17-7-5-11-29-17)15-18-8-6-12-30-18/h6,8-10,12-13,17H,4-5,7,11,14-16H2,1-3H3/t17-/m1/s1. The Morgan fingerprint density at radius 2 is 2.10 bits per heavy atom. The van der Waals surface area contributed by atoms with Crippen molar-refractivity contribution in [1.29, 1.82) is 0 Å². The number of sulfonamides is 1. The van der Waals surface area contributed by atoms with Crippen molar-refractivity contribution in [1.82, 2.24) is 18.8 Å². The fourth-order valence-corrected chi connectivity index (χ4v) is 5.76. The van der Waals surface area contributed by atoms with Crippen LogP contribution in [-0.4, -0.2) is 60.5 Å². The molecule has 7 nitrogen and oxygen atoms in total. The molecule has 0 amide bonds. The van der Waals surface area contributed by atoms with E-state index in [1.54, 1.807) is 37.6 Å². The molecule has 2 aromatic heterocycles. The zero-order chi connectivity index (χ0) is 22.0. The average molecular weight is 463 g/mol. The van der Waals surface area contributed by atoms with Crippen LogP contribution in [0.2, 0.25) is 0 Å². The van der Waals surface area contributed by atoms with Crippen molar-refractivity contribution in [2.75, 3.05) is 27.2 Å². The molecule has 1 saturated heterocycles. The first kappa shape index (κ1) is 22.4. The average Bonchev–Trinajstić information content (AvgIpc) is 3.48. The minimum atomic E-state index is -3.49. The highest BCUT2D eigenvalue weighted by atomic mass is 32.2. The molecule has 168 valence electrons. The van der Waals surface area contributed by atoms with Crippen LogP contribution in [0.15, 0.2) is 40.6 Å². The van der Waals surface area contributed by atoms with Gasteiger partial charge in [-0.3, -0.25) is 4.90 Å². The zero-order valence-electron chi connectivity index (χ0n) is 18.3. The summed E-state index contributed by atoms with van der Waals surface area (Å²) in [5, 5.41) is 2.10. The van der Waals surface area contributed by atoms with E-state index in [0.717, 1.165) is 50.4 Å². The lowest BCUT2D eigenvalue weighted by atomic mass is 10.2. The molecule has 0 saturated carbocycles. The summed E-state index contributed by atoms with van der Waals surface area (Å²) in [5.74, 6) is 0.950. The number of thiophene rings is 1. The summed E-state index contributed by atoms with van der Waals surface area (Å²) >= 11 is 1.76. The van der Waals surface area contributed by atoms with Gasteiger partial charge in [-0.15, -0.1) is 11.3 Å². The van der Waals surface area contributed by atoms with Gasteiger partial charge in [-0.05, 0) is 49.4 Å². The zero-order valence-corrected chi connectivity index (χ0v) is 20.0. The van der Waals surface area contributed by atoms with Crippen LogP contribution in [0.4, 0.5) is 0 Å². The van der Waals surface area contributed by atoms with E-state index >= 15 is 0 Å². The summed E-state index contributed by atoms with van der Waals surface area (Å²) in [6, 6.07) is 9.47. The van der Waals surface area contributed by atoms with E-state index in [1.807, 2.05) is 6.07 Å². The van der Waals surface area contributed by atoms with Crippen molar-refractivity contribution in [2.24, 2.45) is 0 Å². The molecule has 3 aromatic rings. The highest BCUT2D eigenvalue weighted by Crippen LogP contribution is 2.24. The summed E-state index contributed by atoms with van der Waals surface area (Å²) in [5.41, 5.74) is 1.68. The third-order valence-electron chi connectivity index (χ3n) is 5.70. The van der Waals surface area contributed by atoms with Crippen LogP contribution in [-0.2, 0) is 34.4 Å². The first-order chi connectivity index (χ1) is 14.9. The maximum Gasteiger partial charge on any atom is 0.242 e. The van der Waals surface area contributed by atoms with Gasteiger partial charge in [-0.25, -0.2) is 17.7 Å². The molecule has 1 atom stereocenters. The summed E-state index contributed by atoms with van der Waals surface area (Å²) < 4.78 is 34.4. The van der Waals surface area contributed by atoms with E-state index < -0.39 is 10.0 Å². The topological polar surface area (TPSA) is 67.7 Å². The number of ether oxygens (including phenoxy) is 1. The molecule has 0 unspecified atom stereocenters. The maximum atomic E-state index is 12.6. The van der Waals surface area contributed by atoms with Crippen molar-refractivity contribution < 1.29 is 13.2 Å². The Kier molecular flexibility index (Phi) is 6.78. The van der Waals surface area contributed by atoms with Crippen LogP contribution in [0.5, 0.6) is 0 Å². The minimum absolute atomic E-state index is 0.260. The number of hydrogen-bond acceptors (Lipinski definition) is 6. The number of benzene rings is 1. The van der Waals surface area contributed by atoms with Gasteiger partial charge in [-0.2, -0.15) is 0 Å². The minimum Gasteiger partial charge on any atom is -0.377 e. The molecular weight excluding hydrogens is 432 g/mol. The van der Waals surface area contributed by atoms with Crippen molar-refractivity contribution in [2.45, 2.75) is 50.4 Å². The first-order valence-electron chi connectivity index (χ1n) is 10.7. The number of fused-ring (bicyclic) bond motifs is 1. The summed E-state index contributed by atoms with van der Waals surface area (Å²) in [6.07, 6.45) is 2.47. The Morgan fingerprint density at radius 1 is 1.26 bits per heavy atom. The van der Waals surface area contributed by atoms with Gasteiger partial charge in [0.1, 0.15) is 5.82 Å². The van der Waals surface area contributed by atoms with Crippen molar-refractivity contribution in [3.8, 4) is 0 Å². The monoisotopic (exact) mass is 462 g/mol. The molecule has 1 fully saturated rings. The molecule has 9 heteroatoms. The Labute approximate surface area is 188 Å². The Morgan fingerprint density at radius 3 is 2.74 bits per heavy atom. The summed E-state index contributed by atoms with van der Waals surface area (Å²) in [6.45, 7) is 6.12. The smallest absolute Gasteiger partial charge is 0.242 e. The summed E-state index contributed by atoms with van der Waals surface area (Å²) in [7, 11) is -0.404. The number of nitrogens with zero attached hydrogens (tertiary/aromatic N) is 4. The van der Waals surface area contributed by atoms with E-state index in [4.69, 9.17) is 9.72 Å². The van der Waals surface area contributed by atoms with Crippen molar-refractivity contribution in [3.05, 3.63) is 46.4 Å². The van der Waals surface area contributed by atoms with Crippen molar-refractivity contribution in [3.63, 3.8) is 0 Å².